The van der Waals surface area contributed by atoms with Crippen LogP contribution in [0.25, 0.3) is 0 Å². The van der Waals surface area contributed by atoms with Crippen molar-refractivity contribution in [3.63, 3.8) is 0 Å². The van der Waals surface area contributed by atoms with Crippen molar-refractivity contribution in [2.75, 3.05) is 0 Å². The molecule has 0 bridgehead atoms. The van der Waals surface area contributed by atoms with Crippen molar-refractivity contribution in [2.45, 2.75) is 140 Å². The molecule has 0 amide bonds. The molecule has 0 aliphatic carbocycles. The van der Waals surface area contributed by atoms with Crippen LogP contribution in [0.5, 0.6) is 0 Å². The van der Waals surface area contributed by atoms with E-state index < -0.39 is 11.9 Å². The molecule has 6 nitrogen and oxygen atoms in total. The van der Waals surface area contributed by atoms with E-state index in [4.69, 9.17) is 23.2 Å². The number of halogens is 5. The Kier molecular flexibility index (Phi) is 20.0. The van der Waals surface area contributed by atoms with Crippen molar-refractivity contribution in [1.82, 2.24) is 29.5 Å². The molecule has 0 unspecified atom stereocenters. The normalized spacial score (nSPS) is 11.3. The van der Waals surface area contributed by atoms with Gasteiger partial charge in [0.1, 0.15) is 16.0 Å². The van der Waals surface area contributed by atoms with Gasteiger partial charge in [0.05, 0.1) is 15.0 Å². The lowest BCUT2D eigenvalue weighted by Gasteiger charge is -2.07. The fourth-order valence-electron chi connectivity index (χ4n) is 5.08. The van der Waals surface area contributed by atoms with Gasteiger partial charge in [-0.25, -0.2) is 9.97 Å². The first-order valence-corrected chi connectivity index (χ1v) is 20.9. The zero-order valence-electron chi connectivity index (χ0n) is 34.4. The fourth-order valence-corrected chi connectivity index (χ4v) is 9.06. The van der Waals surface area contributed by atoms with Gasteiger partial charge in [-0.1, -0.05) is 92.4 Å². The van der Waals surface area contributed by atoms with Crippen LogP contribution in [0.15, 0.2) is 18.3 Å². The van der Waals surface area contributed by atoms with Gasteiger partial charge in [0, 0.05) is 46.4 Å². The van der Waals surface area contributed by atoms with Crippen LogP contribution in [0.4, 0.5) is 13.2 Å². The molecule has 5 aromatic rings. The van der Waals surface area contributed by atoms with Crippen LogP contribution >= 0.6 is 57.2 Å². The molecule has 0 radical (unpaired) electrons. The molecule has 0 spiro atoms. The monoisotopic (exact) mass is 834 g/mol. The highest BCUT2D eigenvalue weighted by Crippen LogP contribution is 2.34. The Bertz CT molecular complexity index is 1620. The molecule has 0 atom stereocenters. The third kappa shape index (κ3) is 16.2. The Morgan fingerprint density at radius 3 is 1.36 bits per heavy atom. The molecule has 0 N–H and O–H groups in total. The number of thiophene rings is 2. The minimum Gasteiger partial charge on any atom is -0.275 e. The maximum absolute atomic E-state index is 12.3. The van der Waals surface area contributed by atoms with Crippen LogP contribution < -0.4 is 0 Å². The van der Waals surface area contributed by atoms with E-state index >= 15 is 0 Å². The lowest BCUT2D eigenvalue weighted by molar-refractivity contribution is -0.142. The minimum atomic E-state index is -4.35. The van der Waals surface area contributed by atoms with E-state index in [1.807, 2.05) is 36.9 Å². The van der Waals surface area contributed by atoms with Gasteiger partial charge in [-0.3, -0.25) is 9.36 Å². The van der Waals surface area contributed by atoms with E-state index in [1.54, 1.807) is 36.5 Å². The first-order valence-electron chi connectivity index (χ1n) is 17.7. The largest absolute Gasteiger partial charge is 0.435 e. The summed E-state index contributed by atoms with van der Waals surface area (Å²) in [5, 5.41) is 8.58. The van der Waals surface area contributed by atoms with Crippen LogP contribution in [0.2, 0.25) is 8.67 Å². The van der Waals surface area contributed by atoms with Crippen LogP contribution in [0, 0.1) is 34.6 Å². The summed E-state index contributed by atoms with van der Waals surface area (Å²) in [6.45, 7) is 31.0. The SMILES string of the molecule is CC(C)c1cn(C)nc1C(F)(F)F.Cc1cc(C(C)C)c(C)s1.Cc1cc(C(C)C)c(Cl)s1.Cc1nc(C(C)C)c(Cl)s1.Cc1nc(C(C)C)n(C)n1. The van der Waals surface area contributed by atoms with E-state index in [9.17, 15) is 13.2 Å². The molecule has 0 saturated carbocycles. The maximum Gasteiger partial charge on any atom is 0.435 e. The highest BCUT2D eigenvalue weighted by atomic mass is 35.5. The summed E-state index contributed by atoms with van der Waals surface area (Å²) in [4.78, 5) is 12.8. The molecule has 53 heavy (non-hydrogen) atoms. The van der Waals surface area contributed by atoms with Crippen LogP contribution in [-0.2, 0) is 20.3 Å². The minimum absolute atomic E-state index is 0.162. The third-order valence-electron chi connectivity index (χ3n) is 7.59. The van der Waals surface area contributed by atoms with E-state index in [0.29, 0.717) is 23.7 Å². The van der Waals surface area contributed by atoms with E-state index in [2.05, 4.69) is 108 Å². The molecule has 0 aliphatic heterocycles. The van der Waals surface area contributed by atoms with Gasteiger partial charge in [-0.15, -0.1) is 34.0 Å². The number of hydrogen-bond acceptors (Lipinski definition) is 7. The summed E-state index contributed by atoms with van der Waals surface area (Å²) in [5.41, 5.74) is 3.30. The van der Waals surface area contributed by atoms with Crippen molar-refractivity contribution in [1.29, 1.82) is 0 Å². The quantitative estimate of drug-likeness (QED) is 0.177. The van der Waals surface area contributed by atoms with Gasteiger partial charge in [-0.2, -0.15) is 23.4 Å². The molecule has 14 heteroatoms. The van der Waals surface area contributed by atoms with E-state index in [-0.39, 0.29) is 11.5 Å². The molecule has 5 heterocycles. The van der Waals surface area contributed by atoms with Gasteiger partial charge in [0.2, 0.25) is 0 Å². The second-order valence-electron chi connectivity index (χ2n) is 14.4. The van der Waals surface area contributed by atoms with Crippen LogP contribution in [0.3, 0.4) is 0 Å². The predicted octanol–water partition coefficient (Wildman–Crippen LogP) is 14.4. The van der Waals surface area contributed by atoms with Crippen LogP contribution in [-0.4, -0.2) is 29.5 Å². The summed E-state index contributed by atoms with van der Waals surface area (Å²) in [5.74, 6) is 3.89. The Hall–Kier alpha value is -2.25. The van der Waals surface area contributed by atoms with Crippen molar-refractivity contribution in [2.24, 2.45) is 14.1 Å². The Morgan fingerprint density at radius 1 is 0.623 bits per heavy atom. The first kappa shape index (κ1) is 48.8. The van der Waals surface area contributed by atoms with Gasteiger partial charge in [0.15, 0.2) is 5.69 Å². The zero-order valence-corrected chi connectivity index (χ0v) is 38.4. The molecule has 5 rings (SSSR count). The summed E-state index contributed by atoms with van der Waals surface area (Å²) >= 11 is 17.0. The van der Waals surface area contributed by atoms with Gasteiger partial charge < -0.3 is 0 Å². The topological polar surface area (TPSA) is 61.4 Å². The average molecular weight is 836 g/mol. The Morgan fingerprint density at radius 2 is 1.13 bits per heavy atom. The van der Waals surface area contributed by atoms with Crippen molar-refractivity contribution < 1.29 is 13.2 Å². The number of hydrogen-bond donors (Lipinski definition) is 0. The molecule has 0 saturated heterocycles. The van der Waals surface area contributed by atoms with Gasteiger partial charge in [-0.05, 0) is 81.5 Å². The number of thiazole rings is 1. The molecule has 0 aliphatic rings. The lowest BCUT2D eigenvalue weighted by Crippen LogP contribution is -2.10. The fraction of sp³-hybridized carbons (Fsp3) is 0.590. The van der Waals surface area contributed by atoms with E-state index in [1.165, 1.54) is 43.7 Å². The smallest absolute Gasteiger partial charge is 0.275 e. The molecular formula is C39H59Cl2F3N6S3. The lowest BCUT2D eigenvalue weighted by atomic mass is 10.0. The number of aryl methyl sites for hydroxylation is 7. The number of aromatic nitrogens is 6. The average Bonchev–Trinajstić information content (AvgIpc) is 3.82. The van der Waals surface area contributed by atoms with Crippen molar-refractivity contribution in [3.05, 3.63) is 86.4 Å². The first-order chi connectivity index (χ1) is 24.3. The second-order valence-corrected chi connectivity index (χ2v) is 19.5. The standard InChI is InChI=1S/C9H14S.C8H11ClS.C8H11F3N2.C7H10ClNS.C7H13N3/c1-6(2)9-5-7(3)10-8(9)4;1-5(2)7-4-6(3)10-8(7)9;1-5(2)6-4-13(3)12-7(6)8(9,10)11;1-4(2)6-7(8)10-5(3)9-6;1-5(2)7-8-6(3)9-10(7)4/h5-6H,1-4H3;4-5H,1-3H3;4-5H,1-3H3;4H,1-3H3;5H,1-4H3. The molecule has 0 aromatic carbocycles. The summed E-state index contributed by atoms with van der Waals surface area (Å²) in [6, 6.07) is 4.46. The number of nitrogens with zero attached hydrogens (tertiary/aromatic N) is 6. The summed E-state index contributed by atoms with van der Waals surface area (Å²) < 4.78 is 41.9. The van der Waals surface area contributed by atoms with E-state index in [0.717, 1.165) is 31.0 Å². The van der Waals surface area contributed by atoms with Crippen LogP contribution in [0.1, 0.15) is 158 Å². The number of alkyl halides is 3. The predicted molar refractivity (Wildman–Crippen MR) is 224 cm³/mol. The second kappa shape index (κ2) is 21.7. The zero-order chi connectivity index (χ0) is 41.1. The summed E-state index contributed by atoms with van der Waals surface area (Å²) in [7, 11) is 3.41. The summed E-state index contributed by atoms with van der Waals surface area (Å²) in [6.07, 6.45) is -2.94. The Labute approximate surface area is 338 Å². The molecule has 0 fully saturated rings. The third-order valence-corrected chi connectivity index (χ3v) is 11.1. The van der Waals surface area contributed by atoms with Gasteiger partial charge >= 0.3 is 6.18 Å². The molecular weight excluding hydrogens is 777 g/mol. The Balaban J connectivity index is 0.000000333. The van der Waals surface area contributed by atoms with Crippen molar-refractivity contribution >= 4 is 57.2 Å². The molecule has 298 valence electrons. The highest BCUT2D eigenvalue weighted by molar-refractivity contribution is 7.16. The highest BCUT2D eigenvalue weighted by Gasteiger charge is 2.37. The van der Waals surface area contributed by atoms with Gasteiger partial charge in [0.25, 0.3) is 0 Å². The number of rotatable bonds is 5. The molecule has 5 aromatic heterocycles. The van der Waals surface area contributed by atoms with Crippen molar-refractivity contribution in [3.8, 4) is 0 Å². The maximum atomic E-state index is 12.3.